The van der Waals surface area contributed by atoms with E-state index in [2.05, 4.69) is 15.7 Å². The molecule has 0 spiro atoms. The number of hydrogen-bond donors (Lipinski definition) is 2. The number of ether oxygens (including phenoxy) is 2. The molecule has 0 bridgehead atoms. The monoisotopic (exact) mass is 523 g/mol. The van der Waals surface area contributed by atoms with Gasteiger partial charge >= 0.3 is 12.1 Å². The molecule has 0 radical (unpaired) electrons. The molecular weight excluding hydrogens is 489 g/mol. The van der Waals surface area contributed by atoms with Crippen molar-refractivity contribution in [1.29, 1.82) is 0 Å². The molecule has 1 saturated heterocycles. The molecule has 0 unspecified atom stereocenters. The Bertz CT molecular complexity index is 1260. The first-order chi connectivity index (χ1) is 18.1. The van der Waals surface area contributed by atoms with E-state index < -0.39 is 11.6 Å². The van der Waals surface area contributed by atoms with Gasteiger partial charge in [-0.1, -0.05) is 0 Å². The van der Waals surface area contributed by atoms with Gasteiger partial charge in [-0.3, -0.25) is 4.68 Å². The fourth-order valence-electron chi connectivity index (χ4n) is 4.21. The van der Waals surface area contributed by atoms with Gasteiger partial charge in [0.25, 0.3) is 0 Å². The summed E-state index contributed by atoms with van der Waals surface area (Å²) >= 11 is 0. The van der Waals surface area contributed by atoms with Crippen LogP contribution >= 0.6 is 0 Å². The zero-order valence-electron chi connectivity index (χ0n) is 22.2. The number of piperidine rings is 1. The van der Waals surface area contributed by atoms with Crippen LogP contribution in [0.3, 0.4) is 0 Å². The van der Waals surface area contributed by atoms with Crippen molar-refractivity contribution >= 4 is 23.5 Å². The highest BCUT2D eigenvalue weighted by atomic mass is 19.1. The third kappa shape index (κ3) is 7.24. The van der Waals surface area contributed by atoms with Crippen LogP contribution in [0.15, 0.2) is 54.7 Å². The van der Waals surface area contributed by atoms with Crippen molar-refractivity contribution in [1.82, 2.24) is 14.7 Å². The van der Waals surface area contributed by atoms with Crippen molar-refractivity contribution in [2.24, 2.45) is 13.0 Å². The maximum Gasteiger partial charge on any atom is 0.410 e. The summed E-state index contributed by atoms with van der Waals surface area (Å²) in [5.41, 5.74) is 2.16. The summed E-state index contributed by atoms with van der Waals surface area (Å²) in [5.74, 6) is 0.598. The summed E-state index contributed by atoms with van der Waals surface area (Å²) in [7, 11) is 1.84. The number of urea groups is 1. The fourth-order valence-corrected chi connectivity index (χ4v) is 4.21. The highest BCUT2D eigenvalue weighted by molar-refractivity contribution is 6.00. The van der Waals surface area contributed by atoms with Gasteiger partial charge in [-0.15, -0.1) is 0 Å². The molecule has 9 nitrogen and oxygen atoms in total. The summed E-state index contributed by atoms with van der Waals surface area (Å²) in [6.45, 7) is 7.36. The van der Waals surface area contributed by atoms with E-state index in [0.717, 1.165) is 24.1 Å². The van der Waals surface area contributed by atoms with Gasteiger partial charge in [-0.25, -0.2) is 14.0 Å². The van der Waals surface area contributed by atoms with Gasteiger partial charge in [0.05, 0.1) is 12.3 Å². The molecule has 0 atom stereocenters. The SMILES string of the molecule is Cn1nccc1-c1cc(NC(=O)Nc2ccc(F)cc2)ccc1OCC1CCN(C(=O)OC(C)(C)C)CC1. The Balaban J connectivity index is 1.40. The van der Waals surface area contributed by atoms with Gasteiger partial charge in [0.2, 0.25) is 0 Å². The lowest BCUT2D eigenvalue weighted by Gasteiger charge is -2.33. The summed E-state index contributed by atoms with van der Waals surface area (Å²) in [4.78, 5) is 26.6. The van der Waals surface area contributed by atoms with Gasteiger partial charge in [-0.05, 0) is 88.1 Å². The van der Waals surface area contributed by atoms with E-state index in [-0.39, 0.29) is 11.9 Å². The number of nitrogens with zero attached hydrogens (tertiary/aromatic N) is 3. The standard InChI is InChI=1S/C28H34FN5O4/c1-28(2,3)38-27(36)34-15-12-19(13-16-34)18-37-25-10-9-22(17-23(25)24-11-14-30-33(24)4)32-26(35)31-21-7-5-20(29)6-8-21/h5-11,14,17,19H,12-13,15-16,18H2,1-4H3,(H2,31,32,35). The predicted octanol–water partition coefficient (Wildman–Crippen LogP) is 5.90. The van der Waals surface area contributed by atoms with E-state index in [1.807, 2.05) is 46.0 Å². The fraction of sp³-hybridized carbons (Fsp3) is 0.393. The second-order valence-corrected chi connectivity index (χ2v) is 10.4. The van der Waals surface area contributed by atoms with Crippen molar-refractivity contribution in [3.05, 3.63) is 60.5 Å². The maximum absolute atomic E-state index is 13.1. The summed E-state index contributed by atoms with van der Waals surface area (Å²) in [6, 6.07) is 12.4. The minimum atomic E-state index is -0.512. The number of aromatic nitrogens is 2. The summed E-state index contributed by atoms with van der Waals surface area (Å²) in [6.07, 6.45) is 3.07. The second-order valence-electron chi connectivity index (χ2n) is 10.4. The number of nitrogens with one attached hydrogen (secondary N) is 2. The molecule has 4 rings (SSSR count). The molecule has 202 valence electrons. The van der Waals surface area contributed by atoms with Crippen LogP contribution in [0.25, 0.3) is 11.3 Å². The lowest BCUT2D eigenvalue weighted by molar-refractivity contribution is 0.0165. The number of aryl methyl sites for hydroxylation is 1. The van der Waals surface area contributed by atoms with Gasteiger partial charge in [-0.2, -0.15) is 5.10 Å². The first-order valence-electron chi connectivity index (χ1n) is 12.6. The lowest BCUT2D eigenvalue weighted by atomic mass is 9.98. The van der Waals surface area contributed by atoms with E-state index in [1.54, 1.807) is 21.8 Å². The molecule has 2 aromatic carbocycles. The first kappa shape index (κ1) is 27.0. The first-order valence-corrected chi connectivity index (χ1v) is 12.6. The summed E-state index contributed by atoms with van der Waals surface area (Å²) in [5, 5.41) is 9.77. The van der Waals surface area contributed by atoms with Crippen LogP contribution in [0, 0.1) is 11.7 Å². The Labute approximate surface area is 221 Å². The maximum atomic E-state index is 13.1. The smallest absolute Gasteiger partial charge is 0.410 e. The molecule has 1 aliphatic heterocycles. The second kappa shape index (κ2) is 11.5. The van der Waals surface area contributed by atoms with Crippen molar-refractivity contribution in [3.63, 3.8) is 0 Å². The third-order valence-corrected chi connectivity index (χ3v) is 6.18. The number of carbonyl (C=O) groups is 2. The molecular formula is C28H34FN5O4. The van der Waals surface area contributed by atoms with E-state index in [4.69, 9.17) is 9.47 Å². The van der Waals surface area contributed by atoms with Crippen molar-refractivity contribution < 1.29 is 23.5 Å². The molecule has 0 aliphatic carbocycles. The Hall–Kier alpha value is -4.08. The van der Waals surface area contributed by atoms with Gasteiger partial charge in [0.1, 0.15) is 17.2 Å². The van der Waals surface area contributed by atoms with Gasteiger partial charge in [0.15, 0.2) is 0 Å². The van der Waals surface area contributed by atoms with Gasteiger partial charge in [0, 0.05) is 43.3 Å². The number of halogens is 1. The van der Waals surface area contributed by atoms with Crippen LogP contribution in [0.5, 0.6) is 5.75 Å². The van der Waals surface area contributed by atoms with Crippen molar-refractivity contribution in [3.8, 4) is 17.0 Å². The van der Waals surface area contributed by atoms with Crippen molar-refractivity contribution in [2.75, 3.05) is 30.3 Å². The van der Waals surface area contributed by atoms with E-state index in [1.165, 1.54) is 24.3 Å². The normalized spacial score (nSPS) is 14.2. The summed E-state index contributed by atoms with van der Waals surface area (Å²) < 4.78 is 26.6. The Kier molecular flexibility index (Phi) is 8.19. The lowest BCUT2D eigenvalue weighted by Crippen LogP contribution is -2.42. The molecule has 2 heterocycles. The number of benzene rings is 2. The quantitative estimate of drug-likeness (QED) is 0.420. The molecule has 38 heavy (non-hydrogen) atoms. The molecule has 10 heteroatoms. The molecule has 1 fully saturated rings. The Morgan fingerprint density at radius 3 is 2.32 bits per heavy atom. The number of anilines is 2. The molecule has 1 aliphatic rings. The molecule has 0 saturated carbocycles. The van der Waals surface area contributed by atoms with Crippen molar-refractivity contribution in [2.45, 2.75) is 39.2 Å². The highest BCUT2D eigenvalue weighted by Gasteiger charge is 2.27. The number of carbonyl (C=O) groups excluding carboxylic acids is 2. The molecule has 1 aromatic heterocycles. The van der Waals surface area contributed by atoms with Crippen LogP contribution < -0.4 is 15.4 Å². The predicted molar refractivity (Wildman–Crippen MR) is 144 cm³/mol. The van der Waals surface area contributed by atoms with Crippen LogP contribution in [0.1, 0.15) is 33.6 Å². The zero-order valence-corrected chi connectivity index (χ0v) is 22.2. The average Bonchev–Trinajstić information content (AvgIpc) is 3.29. The average molecular weight is 524 g/mol. The topological polar surface area (TPSA) is 97.7 Å². The minimum Gasteiger partial charge on any atom is -0.493 e. The van der Waals surface area contributed by atoms with E-state index in [0.29, 0.717) is 42.7 Å². The Morgan fingerprint density at radius 1 is 1.03 bits per heavy atom. The van der Waals surface area contributed by atoms with Crippen LogP contribution in [0.4, 0.5) is 25.4 Å². The van der Waals surface area contributed by atoms with Crippen LogP contribution in [-0.2, 0) is 11.8 Å². The number of amides is 3. The largest absolute Gasteiger partial charge is 0.493 e. The number of likely N-dealkylation sites (tertiary alicyclic amines) is 1. The van der Waals surface area contributed by atoms with Crippen LogP contribution in [0.2, 0.25) is 0 Å². The Morgan fingerprint density at radius 2 is 1.68 bits per heavy atom. The minimum absolute atomic E-state index is 0.276. The van der Waals surface area contributed by atoms with E-state index >= 15 is 0 Å². The van der Waals surface area contributed by atoms with Crippen LogP contribution in [-0.4, -0.2) is 52.1 Å². The highest BCUT2D eigenvalue weighted by Crippen LogP contribution is 2.33. The number of hydrogen-bond acceptors (Lipinski definition) is 5. The molecule has 2 N–H and O–H groups in total. The van der Waals surface area contributed by atoms with E-state index in [9.17, 15) is 14.0 Å². The molecule has 3 amide bonds. The number of rotatable bonds is 6. The van der Waals surface area contributed by atoms with Gasteiger partial charge < -0.3 is 25.0 Å². The zero-order chi connectivity index (χ0) is 27.3. The molecule has 3 aromatic rings. The third-order valence-electron chi connectivity index (χ3n) is 6.18.